The molecule has 1 aromatic carbocycles. The van der Waals surface area contributed by atoms with E-state index in [1.165, 1.54) is 49.3 Å². The van der Waals surface area contributed by atoms with Gasteiger partial charge in [-0.2, -0.15) is 0 Å². The maximum atomic E-state index is 3.41. The van der Waals surface area contributed by atoms with Crippen molar-refractivity contribution in [3.63, 3.8) is 0 Å². The van der Waals surface area contributed by atoms with E-state index in [0.717, 1.165) is 25.7 Å². The Morgan fingerprint density at radius 3 is 1.74 bits per heavy atom. The molecule has 0 spiro atoms. The van der Waals surface area contributed by atoms with Crippen molar-refractivity contribution in [1.29, 1.82) is 0 Å². The van der Waals surface area contributed by atoms with Gasteiger partial charge in [0.05, 0.1) is 0 Å². The van der Waals surface area contributed by atoms with Crippen molar-refractivity contribution in [1.82, 2.24) is 26.2 Å². The minimum Gasteiger partial charge on any atom is -0.314 e. The molecule has 1 aromatic heterocycles. The van der Waals surface area contributed by atoms with Crippen LogP contribution in [0.4, 0.5) is 0 Å². The summed E-state index contributed by atoms with van der Waals surface area (Å²) in [5.74, 6) is 1.03. The van der Waals surface area contributed by atoms with E-state index in [9.17, 15) is 0 Å². The fraction of sp³-hybridized carbons (Fsp3) is 0.688. The zero-order valence-corrected chi connectivity index (χ0v) is 26.5. The second kappa shape index (κ2) is 21.5. The minimum absolute atomic E-state index is 0.565. The number of thiophene rings is 1. The third kappa shape index (κ3) is 21.6. The van der Waals surface area contributed by atoms with E-state index in [1.54, 1.807) is 11.3 Å². The fourth-order valence-corrected chi connectivity index (χ4v) is 3.87. The van der Waals surface area contributed by atoms with Crippen LogP contribution in [-0.4, -0.2) is 55.4 Å². The topological polar surface area (TPSA) is 51.4 Å². The summed E-state index contributed by atoms with van der Waals surface area (Å²) in [6.45, 7) is 24.3. The van der Waals surface area contributed by atoms with Crippen LogP contribution < -0.4 is 21.3 Å². The predicted molar refractivity (Wildman–Crippen MR) is 170 cm³/mol. The van der Waals surface area contributed by atoms with Crippen LogP contribution in [-0.2, 0) is 13.1 Å². The Kier molecular flexibility index (Phi) is 19.7. The number of benzene rings is 1. The van der Waals surface area contributed by atoms with Gasteiger partial charge in [0.15, 0.2) is 0 Å². The van der Waals surface area contributed by atoms with Crippen LogP contribution in [0.1, 0.15) is 85.1 Å². The molecule has 0 unspecified atom stereocenters. The van der Waals surface area contributed by atoms with Gasteiger partial charge in [-0.15, -0.1) is 11.3 Å². The molecule has 2 aromatic rings. The summed E-state index contributed by atoms with van der Waals surface area (Å²) < 4.78 is 0. The van der Waals surface area contributed by atoms with Crippen LogP contribution in [0.2, 0.25) is 0 Å². The molecular weight excluding hydrogens is 486 g/mol. The first kappa shape index (κ1) is 34.7. The van der Waals surface area contributed by atoms with Gasteiger partial charge in [0.2, 0.25) is 0 Å². The summed E-state index contributed by atoms with van der Waals surface area (Å²) in [6, 6.07) is 17.1. The number of hydrogen-bond acceptors (Lipinski definition) is 6. The van der Waals surface area contributed by atoms with Crippen molar-refractivity contribution in [3.8, 4) is 0 Å². The molecule has 38 heavy (non-hydrogen) atoms. The number of hydrogen-bond donors (Lipinski definition) is 4. The monoisotopic (exact) mass is 545 g/mol. The van der Waals surface area contributed by atoms with E-state index < -0.39 is 0 Å². The molecule has 0 radical (unpaired) electrons. The summed E-state index contributed by atoms with van der Waals surface area (Å²) in [6.07, 6.45) is 4.30. The van der Waals surface area contributed by atoms with Crippen LogP contribution in [0.5, 0.6) is 0 Å². The highest BCUT2D eigenvalue weighted by atomic mass is 32.1. The molecule has 4 rings (SSSR count). The highest BCUT2D eigenvalue weighted by molar-refractivity contribution is 7.09. The zero-order chi connectivity index (χ0) is 28.2. The summed E-state index contributed by atoms with van der Waals surface area (Å²) in [7, 11) is 0. The van der Waals surface area contributed by atoms with E-state index in [4.69, 9.17) is 0 Å². The molecule has 6 heteroatoms. The van der Waals surface area contributed by atoms with E-state index in [0.29, 0.717) is 24.2 Å². The molecule has 2 heterocycles. The van der Waals surface area contributed by atoms with Gasteiger partial charge >= 0.3 is 0 Å². The van der Waals surface area contributed by atoms with Crippen LogP contribution >= 0.6 is 11.3 Å². The highest BCUT2D eigenvalue weighted by Gasteiger charge is 2.20. The quantitative estimate of drug-likeness (QED) is 0.246. The number of nitrogens with one attached hydrogen (secondary N) is 4. The lowest BCUT2D eigenvalue weighted by molar-refractivity contribution is 0.162. The summed E-state index contributed by atoms with van der Waals surface area (Å²) in [4.78, 5) is 3.83. The van der Waals surface area contributed by atoms with Crippen LogP contribution in [0.25, 0.3) is 0 Å². The summed E-state index contributed by atoms with van der Waals surface area (Å²) in [5.41, 5.74) is 1.35. The zero-order valence-electron chi connectivity index (χ0n) is 25.7. The molecule has 0 atom stereocenters. The average Bonchev–Trinajstić information content (AvgIpc) is 3.53. The Bertz CT molecular complexity index is 751. The van der Waals surface area contributed by atoms with Crippen molar-refractivity contribution >= 4 is 11.3 Å². The van der Waals surface area contributed by atoms with Crippen LogP contribution in [0, 0.1) is 5.92 Å². The molecule has 1 aliphatic carbocycles. The SMILES string of the molecule is CC(C)NCC1CC1.CC(C)NCN1CCC1.CC(C)NCc1ccccc1.CC(C)NCc1cccs1. The van der Waals surface area contributed by atoms with Gasteiger partial charge in [-0.3, -0.25) is 4.90 Å². The van der Waals surface area contributed by atoms with E-state index in [-0.39, 0.29) is 0 Å². The first-order chi connectivity index (χ1) is 18.2. The molecule has 4 N–H and O–H groups in total. The first-order valence-electron chi connectivity index (χ1n) is 14.9. The van der Waals surface area contributed by atoms with Crippen LogP contribution in [0.15, 0.2) is 47.8 Å². The highest BCUT2D eigenvalue weighted by Crippen LogP contribution is 2.27. The number of nitrogens with zero attached hydrogens (tertiary/aromatic N) is 1. The average molecular weight is 546 g/mol. The van der Waals surface area contributed by atoms with Crippen LogP contribution in [0.3, 0.4) is 0 Å². The standard InChI is InChI=1S/C10H15N.C8H13NS.C7H16N2.C7H15N/c1-9(2)11-8-10-6-4-3-5-7-10;1-7(2)9-6-8-4-3-5-10-8;1-7(2)8-6-9-4-3-5-9;1-6(2)8-5-7-3-4-7/h3-7,9,11H,8H2,1-2H3;3-5,7,9H,6H2,1-2H3;7-8H,3-6H2,1-2H3;6-8H,3-5H2,1-2H3. The number of rotatable bonds is 12. The summed E-state index contributed by atoms with van der Waals surface area (Å²) in [5, 5.41) is 15.6. The van der Waals surface area contributed by atoms with Gasteiger partial charge in [0.25, 0.3) is 0 Å². The van der Waals surface area contributed by atoms with Gasteiger partial charge in [-0.05, 0) is 62.6 Å². The van der Waals surface area contributed by atoms with Crippen molar-refractivity contribution in [2.45, 2.75) is 112 Å². The molecule has 1 saturated heterocycles. The molecule has 5 nitrogen and oxygen atoms in total. The third-order valence-electron chi connectivity index (χ3n) is 6.01. The van der Waals surface area contributed by atoms with Gasteiger partial charge in [-0.1, -0.05) is 77.9 Å². The van der Waals surface area contributed by atoms with Gasteiger partial charge in [0.1, 0.15) is 0 Å². The predicted octanol–water partition coefficient (Wildman–Crippen LogP) is 6.47. The molecule has 0 bridgehead atoms. The van der Waals surface area contributed by atoms with E-state index in [1.807, 2.05) is 6.07 Å². The Morgan fingerprint density at radius 1 is 0.711 bits per heavy atom. The number of likely N-dealkylation sites (tertiary alicyclic amines) is 1. The lowest BCUT2D eigenvalue weighted by atomic mass is 10.2. The largest absolute Gasteiger partial charge is 0.314 e. The third-order valence-corrected chi connectivity index (χ3v) is 6.88. The molecule has 0 amide bonds. The Balaban J connectivity index is 0.000000255. The maximum absolute atomic E-state index is 3.41. The van der Waals surface area contributed by atoms with Gasteiger partial charge in [-0.25, -0.2) is 0 Å². The summed E-state index contributed by atoms with van der Waals surface area (Å²) >= 11 is 1.80. The normalized spacial score (nSPS) is 14.8. The van der Waals surface area contributed by atoms with Crippen molar-refractivity contribution in [2.24, 2.45) is 5.92 Å². The maximum Gasteiger partial charge on any atom is 0.0482 e. The molecule has 1 saturated carbocycles. The smallest absolute Gasteiger partial charge is 0.0482 e. The molecular formula is C32H59N5S. The van der Waals surface area contributed by atoms with Crippen molar-refractivity contribution < 1.29 is 0 Å². The van der Waals surface area contributed by atoms with Crippen molar-refractivity contribution in [3.05, 3.63) is 58.3 Å². The second-order valence-electron chi connectivity index (χ2n) is 11.6. The second-order valence-corrected chi connectivity index (χ2v) is 12.7. The Hall–Kier alpha value is -1.28. The van der Waals surface area contributed by atoms with Gasteiger partial charge in [0, 0.05) is 61.9 Å². The Morgan fingerprint density at radius 2 is 1.29 bits per heavy atom. The van der Waals surface area contributed by atoms with E-state index in [2.05, 4.69) is 123 Å². The molecule has 2 aliphatic rings. The molecule has 1 aliphatic heterocycles. The molecule has 2 fully saturated rings. The fourth-order valence-electron chi connectivity index (χ4n) is 3.21. The lowest BCUT2D eigenvalue weighted by Crippen LogP contribution is -2.45. The molecule has 218 valence electrons. The Labute approximate surface area is 239 Å². The minimum atomic E-state index is 0.565. The first-order valence-corrected chi connectivity index (χ1v) is 15.8. The van der Waals surface area contributed by atoms with Gasteiger partial charge < -0.3 is 21.3 Å². The van der Waals surface area contributed by atoms with Crippen molar-refractivity contribution in [2.75, 3.05) is 26.3 Å². The van der Waals surface area contributed by atoms with E-state index >= 15 is 0 Å². The lowest BCUT2D eigenvalue weighted by Gasteiger charge is -2.31.